The van der Waals surface area contributed by atoms with Gasteiger partial charge in [-0.25, -0.2) is 4.98 Å². The van der Waals surface area contributed by atoms with E-state index in [2.05, 4.69) is 15.6 Å². The number of ether oxygens (including phenoxy) is 1. The first-order valence-electron chi connectivity index (χ1n) is 8.39. The third kappa shape index (κ3) is 4.40. The second-order valence-corrected chi connectivity index (χ2v) is 6.73. The average Bonchev–Trinajstić information content (AvgIpc) is 3.09. The number of amides is 1. The highest BCUT2D eigenvalue weighted by Crippen LogP contribution is 2.23. The Morgan fingerprint density at radius 1 is 1.08 bits per heavy atom. The van der Waals surface area contributed by atoms with E-state index < -0.39 is 0 Å². The van der Waals surface area contributed by atoms with Gasteiger partial charge in [-0.1, -0.05) is 6.07 Å². The van der Waals surface area contributed by atoms with Gasteiger partial charge in [0.1, 0.15) is 11.4 Å². The van der Waals surface area contributed by atoms with Gasteiger partial charge in [-0.15, -0.1) is 11.3 Å². The molecule has 1 heterocycles. The summed E-state index contributed by atoms with van der Waals surface area (Å²) in [6, 6.07) is 13.5. The Bertz CT molecular complexity index is 904. The lowest BCUT2D eigenvalue weighted by Crippen LogP contribution is -2.12. The normalized spacial score (nSPS) is 10.4. The van der Waals surface area contributed by atoms with E-state index in [1.165, 1.54) is 16.9 Å². The number of nitrogens with one attached hydrogen (secondary N) is 2. The molecule has 1 amide bonds. The fourth-order valence-corrected chi connectivity index (χ4v) is 3.09. The Morgan fingerprint density at radius 2 is 1.81 bits per heavy atom. The summed E-state index contributed by atoms with van der Waals surface area (Å²) in [6.45, 7) is 6.65. The minimum atomic E-state index is -0.218. The Kier molecular flexibility index (Phi) is 5.53. The Morgan fingerprint density at radius 3 is 2.50 bits per heavy atom. The van der Waals surface area contributed by atoms with Gasteiger partial charge in [0.25, 0.3) is 5.91 Å². The van der Waals surface area contributed by atoms with Crippen LogP contribution in [0.4, 0.5) is 16.5 Å². The smallest absolute Gasteiger partial charge is 0.275 e. The molecule has 0 unspecified atom stereocenters. The SMILES string of the molecule is CCOc1ccc(Nc2nc(C(=O)Nc3ccc(C)c(C)c3)cs2)cc1. The number of benzene rings is 2. The molecule has 26 heavy (non-hydrogen) atoms. The number of carbonyl (C=O) groups is 1. The minimum Gasteiger partial charge on any atom is -0.494 e. The molecule has 3 rings (SSSR count). The van der Waals surface area contributed by atoms with Crippen molar-refractivity contribution in [2.24, 2.45) is 0 Å². The van der Waals surface area contributed by atoms with Crippen LogP contribution in [0.3, 0.4) is 0 Å². The van der Waals surface area contributed by atoms with Crippen molar-refractivity contribution in [1.82, 2.24) is 4.98 Å². The Balaban J connectivity index is 1.64. The molecule has 0 atom stereocenters. The molecule has 0 spiro atoms. The number of hydrogen-bond acceptors (Lipinski definition) is 5. The van der Waals surface area contributed by atoms with Crippen LogP contribution in [0.2, 0.25) is 0 Å². The van der Waals surface area contributed by atoms with Gasteiger partial charge in [0, 0.05) is 16.8 Å². The zero-order valence-electron chi connectivity index (χ0n) is 15.0. The Hall–Kier alpha value is -2.86. The molecule has 2 aromatic carbocycles. The van der Waals surface area contributed by atoms with Gasteiger partial charge < -0.3 is 15.4 Å². The molecule has 0 saturated heterocycles. The number of hydrogen-bond donors (Lipinski definition) is 2. The molecule has 3 aromatic rings. The van der Waals surface area contributed by atoms with Crippen LogP contribution in [0.15, 0.2) is 47.8 Å². The van der Waals surface area contributed by atoms with Crippen LogP contribution in [0.5, 0.6) is 5.75 Å². The second-order valence-electron chi connectivity index (χ2n) is 5.87. The number of thiazole rings is 1. The van der Waals surface area contributed by atoms with Gasteiger partial charge in [-0.05, 0) is 68.3 Å². The van der Waals surface area contributed by atoms with E-state index >= 15 is 0 Å². The zero-order valence-corrected chi connectivity index (χ0v) is 15.8. The Labute approximate surface area is 157 Å². The summed E-state index contributed by atoms with van der Waals surface area (Å²) in [6.07, 6.45) is 0. The van der Waals surface area contributed by atoms with Crippen LogP contribution in [0.25, 0.3) is 0 Å². The van der Waals surface area contributed by atoms with Crippen LogP contribution in [-0.4, -0.2) is 17.5 Å². The maximum Gasteiger partial charge on any atom is 0.275 e. The van der Waals surface area contributed by atoms with Crippen molar-refractivity contribution in [1.29, 1.82) is 0 Å². The molecule has 0 aliphatic heterocycles. The summed E-state index contributed by atoms with van der Waals surface area (Å²) in [5, 5.41) is 8.50. The molecule has 0 fully saturated rings. The van der Waals surface area contributed by atoms with Gasteiger partial charge in [0.15, 0.2) is 5.13 Å². The highest BCUT2D eigenvalue weighted by molar-refractivity contribution is 7.14. The number of carbonyl (C=O) groups excluding carboxylic acids is 1. The van der Waals surface area contributed by atoms with Crippen molar-refractivity contribution >= 4 is 33.8 Å². The topological polar surface area (TPSA) is 63.2 Å². The molecule has 6 heteroatoms. The number of anilines is 3. The first-order chi connectivity index (χ1) is 12.5. The summed E-state index contributed by atoms with van der Waals surface area (Å²) in [4.78, 5) is 16.7. The van der Waals surface area contributed by atoms with Crippen LogP contribution < -0.4 is 15.4 Å². The van der Waals surface area contributed by atoms with Crippen LogP contribution in [0.1, 0.15) is 28.5 Å². The standard InChI is InChI=1S/C20H21N3O2S/c1-4-25-17-9-7-15(8-10-17)22-20-23-18(12-26-20)19(24)21-16-6-5-13(2)14(3)11-16/h5-12H,4H2,1-3H3,(H,21,24)(H,22,23). The van der Waals surface area contributed by atoms with Crippen molar-refractivity contribution in [3.8, 4) is 5.75 Å². The van der Waals surface area contributed by atoms with Gasteiger partial charge in [-0.3, -0.25) is 4.79 Å². The van der Waals surface area contributed by atoms with E-state index in [0.29, 0.717) is 17.4 Å². The number of aromatic nitrogens is 1. The number of nitrogens with zero attached hydrogens (tertiary/aromatic N) is 1. The average molecular weight is 367 g/mol. The summed E-state index contributed by atoms with van der Waals surface area (Å²) in [5.74, 6) is 0.606. The first kappa shape index (κ1) is 17.9. The van der Waals surface area contributed by atoms with Gasteiger partial charge in [0.2, 0.25) is 0 Å². The molecule has 0 aliphatic carbocycles. The molecule has 0 bridgehead atoms. The summed E-state index contributed by atoms with van der Waals surface area (Å²) in [7, 11) is 0. The van der Waals surface area contributed by atoms with Crippen molar-refractivity contribution in [2.75, 3.05) is 17.2 Å². The molecule has 0 aliphatic rings. The predicted octanol–water partition coefficient (Wildman–Crippen LogP) is 5.15. The summed E-state index contributed by atoms with van der Waals surface area (Å²) >= 11 is 1.39. The highest BCUT2D eigenvalue weighted by atomic mass is 32.1. The van der Waals surface area contributed by atoms with Gasteiger partial charge in [-0.2, -0.15) is 0 Å². The molecule has 1 aromatic heterocycles. The second kappa shape index (κ2) is 8.01. The van der Waals surface area contributed by atoms with Crippen molar-refractivity contribution in [2.45, 2.75) is 20.8 Å². The summed E-state index contributed by atoms with van der Waals surface area (Å²) < 4.78 is 5.43. The van der Waals surface area contributed by atoms with Crippen molar-refractivity contribution < 1.29 is 9.53 Å². The first-order valence-corrected chi connectivity index (χ1v) is 9.27. The van der Waals surface area contributed by atoms with E-state index in [1.807, 2.05) is 63.2 Å². The molecular formula is C20H21N3O2S. The minimum absolute atomic E-state index is 0.218. The third-order valence-corrected chi connectivity index (χ3v) is 4.68. The molecule has 0 radical (unpaired) electrons. The predicted molar refractivity (Wildman–Crippen MR) is 107 cm³/mol. The largest absolute Gasteiger partial charge is 0.494 e. The van der Waals surface area contributed by atoms with Gasteiger partial charge in [0.05, 0.1) is 6.61 Å². The fraction of sp³-hybridized carbons (Fsp3) is 0.200. The van der Waals surface area contributed by atoms with Crippen molar-refractivity contribution in [3.05, 3.63) is 64.7 Å². The summed E-state index contributed by atoms with van der Waals surface area (Å²) in [5.41, 5.74) is 4.38. The lowest BCUT2D eigenvalue weighted by Gasteiger charge is -2.06. The van der Waals surface area contributed by atoms with Crippen LogP contribution in [-0.2, 0) is 0 Å². The molecule has 134 valence electrons. The fourth-order valence-electron chi connectivity index (χ4n) is 2.37. The molecule has 2 N–H and O–H groups in total. The van der Waals surface area contributed by atoms with E-state index in [4.69, 9.17) is 4.74 Å². The number of rotatable bonds is 6. The quantitative estimate of drug-likeness (QED) is 0.632. The van der Waals surface area contributed by atoms with E-state index in [9.17, 15) is 4.79 Å². The highest BCUT2D eigenvalue weighted by Gasteiger charge is 2.11. The molecule has 0 saturated carbocycles. The zero-order chi connectivity index (χ0) is 18.5. The lowest BCUT2D eigenvalue weighted by molar-refractivity contribution is 0.102. The van der Waals surface area contributed by atoms with E-state index in [-0.39, 0.29) is 5.91 Å². The monoisotopic (exact) mass is 367 g/mol. The van der Waals surface area contributed by atoms with Crippen LogP contribution >= 0.6 is 11.3 Å². The van der Waals surface area contributed by atoms with Crippen LogP contribution in [0, 0.1) is 13.8 Å². The molecular weight excluding hydrogens is 346 g/mol. The molecule has 5 nitrogen and oxygen atoms in total. The maximum atomic E-state index is 12.4. The van der Waals surface area contributed by atoms with Gasteiger partial charge >= 0.3 is 0 Å². The lowest BCUT2D eigenvalue weighted by atomic mass is 10.1. The maximum absolute atomic E-state index is 12.4. The van der Waals surface area contributed by atoms with Crippen molar-refractivity contribution in [3.63, 3.8) is 0 Å². The third-order valence-electron chi connectivity index (χ3n) is 3.92. The van der Waals surface area contributed by atoms with E-state index in [0.717, 1.165) is 22.7 Å². The van der Waals surface area contributed by atoms with E-state index in [1.54, 1.807) is 5.38 Å². The number of aryl methyl sites for hydroxylation is 2.